The Morgan fingerprint density at radius 2 is 0.769 bits per heavy atom. The number of allylic oxidation sites excluding steroid dienone is 9. The summed E-state index contributed by atoms with van der Waals surface area (Å²) in [5.41, 5.74) is 8.02. The molecule has 4 aliphatic carbocycles. The number of carboxylic acid groups (broad SMARTS) is 3. The topological polar surface area (TPSA) is 261 Å². The number of carbonyl (C=O) groups is 7. The molecule has 0 saturated heterocycles. The van der Waals surface area contributed by atoms with Crippen molar-refractivity contribution < 1.29 is 91.2 Å². The first-order chi connectivity index (χ1) is 36.4. The molecule has 0 saturated carbocycles. The maximum atomic E-state index is 13.0. The number of nitrogens with zero attached hydrogens (tertiary/aromatic N) is 4. The van der Waals surface area contributed by atoms with Crippen LogP contribution in [0.3, 0.4) is 0 Å². The smallest absolute Gasteiger partial charge is 0.370 e. The van der Waals surface area contributed by atoms with Crippen molar-refractivity contribution in [2.45, 2.75) is 116 Å². The Hall–Kier alpha value is -8.61. The molecule has 4 aliphatic rings. The van der Waals surface area contributed by atoms with E-state index in [1.165, 1.54) is 60.7 Å². The number of rotatable bonds is 16. The fourth-order valence-corrected chi connectivity index (χ4v) is 12.8. The minimum Gasteiger partial charge on any atom is -0.872 e. The van der Waals surface area contributed by atoms with Gasteiger partial charge in [0.15, 0.2) is 69.2 Å². The molecule has 19 nitrogen and oxygen atoms in total. The average molecular weight is 1070 g/mol. The Balaban J connectivity index is 0.000000226. The van der Waals surface area contributed by atoms with Gasteiger partial charge in [-0.3, -0.25) is 0 Å². The second-order valence-electron chi connectivity index (χ2n) is 21.5. The number of pyridine rings is 4. The van der Waals surface area contributed by atoms with Gasteiger partial charge in [0.05, 0.1) is 28.4 Å². The number of carbonyl (C=O) groups excluding carboxylic acids is 6. The third-order valence-corrected chi connectivity index (χ3v) is 15.1. The maximum absolute atomic E-state index is 13.0. The van der Waals surface area contributed by atoms with E-state index in [2.05, 4.69) is 18.7 Å². The number of aliphatic carboxylic acids is 3. The third kappa shape index (κ3) is 10.6. The minimum absolute atomic E-state index is 0.0210. The van der Waals surface area contributed by atoms with Crippen LogP contribution in [-0.4, -0.2) is 75.3 Å². The third-order valence-electron chi connectivity index (χ3n) is 15.1. The Morgan fingerprint density at radius 3 is 1.10 bits per heavy atom. The largest absolute Gasteiger partial charge is 0.872 e. The summed E-state index contributed by atoms with van der Waals surface area (Å²) in [7, 11) is 5.15. The molecule has 78 heavy (non-hydrogen) atoms. The van der Waals surface area contributed by atoms with Crippen LogP contribution in [-0.2, 0) is 81.2 Å². The van der Waals surface area contributed by atoms with Gasteiger partial charge in [0.2, 0.25) is 6.54 Å². The molecule has 19 heteroatoms. The summed E-state index contributed by atoms with van der Waals surface area (Å²) >= 11 is 0. The molecule has 4 atom stereocenters. The van der Waals surface area contributed by atoms with Gasteiger partial charge in [-0.25, -0.2) is 28.5 Å². The minimum atomic E-state index is -1.30. The summed E-state index contributed by atoms with van der Waals surface area (Å²) in [6.07, 6.45) is 22.3. The van der Waals surface area contributed by atoms with E-state index in [1.807, 2.05) is 73.7 Å². The number of ether oxygens (including phenoxy) is 4. The predicted octanol–water partition coefficient (Wildman–Crippen LogP) is 2.01. The molecule has 4 unspecified atom stereocenters. The van der Waals surface area contributed by atoms with E-state index in [4.69, 9.17) is 18.9 Å². The van der Waals surface area contributed by atoms with Crippen molar-refractivity contribution in [1.82, 2.24) is 0 Å². The quantitative estimate of drug-likeness (QED) is 0.0729. The number of hydrogen-bond donors (Lipinski definition) is 1. The number of carboxylic acids is 3. The number of esters is 4. The summed E-state index contributed by atoms with van der Waals surface area (Å²) in [6.45, 7) is 18.0. The molecule has 0 aliphatic heterocycles. The molecule has 0 fully saturated rings. The summed E-state index contributed by atoms with van der Waals surface area (Å²) in [5.74, 6) is -6.17. The van der Waals surface area contributed by atoms with Gasteiger partial charge >= 0.3 is 29.8 Å². The van der Waals surface area contributed by atoms with Crippen molar-refractivity contribution in [3.8, 4) is 0 Å². The van der Waals surface area contributed by atoms with E-state index < -0.39 is 76.5 Å². The van der Waals surface area contributed by atoms with Crippen LogP contribution in [0.25, 0.3) is 22.3 Å². The molecule has 0 amide bonds. The molecule has 0 spiro atoms. The second-order valence-corrected chi connectivity index (χ2v) is 21.5. The molecule has 4 heterocycles. The predicted molar refractivity (Wildman–Crippen MR) is 272 cm³/mol. The standard InChI is InChI=1S/C30H32N2O7.C29H30N2O8/c1-17-8-29(4,25-20(17)11-31(10-19(3)33)13-22(25)27(36)38-6)16-30(5)9-18(2)21-12-32(15-24(34)35)14-23(26(21)30)28(37)39-7;1-16-7-28(3,20-11-30(13-22(32)33)9-18(24(16)20)26(36)38-5)15-29(4)8-17(2)25-19(27(37)39-6)10-31(12-21(25)29)14-23(34)35/h8-9,11-14H,3,10,15-16H2,1-2,4-7H3;7-12H,13-15H2,1-6H3/p+1. The van der Waals surface area contributed by atoms with Gasteiger partial charge in [0, 0.05) is 55.0 Å². The van der Waals surface area contributed by atoms with Gasteiger partial charge in [-0.15, -0.1) is 6.58 Å². The van der Waals surface area contributed by atoms with Crippen LogP contribution < -0.4 is 33.6 Å². The first-order valence-corrected chi connectivity index (χ1v) is 24.8. The Morgan fingerprint density at radius 1 is 0.462 bits per heavy atom. The summed E-state index contributed by atoms with van der Waals surface area (Å²) in [4.78, 5) is 85.6. The van der Waals surface area contributed by atoms with E-state index in [0.717, 1.165) is 55.7 Å². The van der Waals surface area contributed by atoms with Crippen molar-refractivity contribution >= 4 is 64.1 Å². The highest BCUT2D eigenvalue weighted by atomic mass is 16.5. The molecular weight excluding hydrogens is 1000 g/mol. The van der Waals surface area contributed by atoms with E-state index in [1.54, 1.807) is 29.4 Å². The molecule has 0 aromatic carbocycles. The van der Waals surface area contributed by atoms with Gasteiger partial charge < -0.3 is 49.0 Å². The molecule has 8 rings (SSSR count). The van der Waals surface area contributed by atoms with Gasteiger partial charge in [0.1, 0.15) is 34.2 Å². The highest BCUT2D eigenvalue weighted by Crippen LogP contribution is 2.55. The lowest BCUT2D eigenvalue weighted by molar-refractivity contribution is -0.700. The van der Waals surface area contributed by atoms with Crippen LogP contribution >= 0.6 is 0 Å². The van der Waals surface area contributed by atoms with Crippen LogP contribution in [0.5, 0.6) is 0 Å². The van der Waals surface area contributed by atoms with Gasteiger partial charge in [-0.2, -0.15) is 13.7 Å². The van der Waals surface area contributed by atoms with Crippen LogP contribution in [0.1, 0.15) is 154 Å². The van der Waals surface area contributed by atoms with Crippen molar-refractivity contribution in [2.24, 2.45) is 0 Å². The van der Waals surface area contributed by atoms with Gasteiger partial charge in [-0.1, -0.05) is 57.8 Å². The van der Waals surface area contributed by atoms with Crippen LogP contribution in [0.2, 0.25) is 0 Å². The van der Waals surface area contributed by atoms with Crippen molar-refractivity contribution in [1.29, 1.82) is 0 Å². The first-order valence-electron chi connectivity index (χ1n) is 24.8. The van der Waals surface area contributed by atoms with Gasteiger partial charge in [-0.05, 0) is 74.0 Å². The van der Waals surface area contributed by atoms with Gasteiger partial charge in [0.25, 0.3) is 0 Å². The Bertz CT molecular complexity index is 3240. The van der Waals surface area contributed by atoms with E-state index >= 15 is 0 Å². The van der Waals surface area contributed by atoms with Crippen molar-refractivity contribution in [3.63, 3.8) is 0 Å². The fourth-order valence-electron chi connectivity index (χ4n) is 12.8. The average Bonchev–Trinajstić information content (AvgIpc) is 3.98. The highest BCUT2D eigenvalue weighted by molar-refractivity contribution is 5.99. The highest BCUT2D eigenvalue weighted by Gasteiger charge is 2.50. The number of hydrogen-bond acceptors (Lipinski definition) is 14. The van der Waals surface area contributed by atoms with E-state index in [-0.39, 0.29) is 30.0 Å². The summed E-state index contributed by atoms with van der Waals surface area (Å²) < 4.78 is 26.1. The zero-order chi connectivity index (χ0) is 57.7. The van der Waals surface area contributed by atoms with Crippen LogP contribution in [0.4, 0.5) is 0 Å². The zero-order valence-electron chi connectivity index (χ0n) is 45.8. The molecular formula is C59H63N4O15+. The SMILES string of the molecule is C=C([O-])C[n+]1cc(C(=O)OC)c2c(c1)C(C)=CC2(C)CC1(C)C=C(C)c2c[n+](CC(=O)O)cc(C(=O)OC)c21.COC(=O)c1c[n+](CC(=O)[O-])cc2c1C(C)=CC2(C)CC1(C)C=C(C)c2c(C(=O)OC)c[n+](CC(=O)[O-])cc21. The van der Waals surface area contributed by atoms with Crippen molar-refractivity contribution in [2.75, 3.05) is 28.4 Å². The summed E-state index contributed by atoms with van der Waals surface area (Å²) in [6, 6.07) is 0. The number of fused-ring (bicyclic) bond motifs is 4. The zero-order valence-corrected chi connectivity index (χ0v) is 45.8. The molecule has 0 bridgehead atoms. The lowest BCUT2D eigenvalue weighted by Gasteiger charge is -2.35. The van der Waals surface area contributed by atoms with Crippen molar-refractivity contribution in [3.05, 3.63) is 153 Å². The fraction of sp³-hybridized carbons (Fsp3) is 0.373. The molecule has 408 valence electrons. The number of methoxy groups -OCH3 is 4. The van der Waals surface area contributed by atoms with Crippen LogP contribution in [0, 0.1) is 0 Å². The maximum Gasteiger partial charge on any atom is 0.370 e. The normalized spacial score (nSPS) is 21.0. The lowest BCUT2D eigenvalue weighted by Crippen LogP contribution is -2.46. The molecule has 4 aromatic heterocycles. The van der Waals surface area contributed by atoms with E-state index in [9.17, 15) is 54.0 Å². The number of aromatic nitrogens is 4. The molecule has 1 N–H and O–H groups in total. The lowest BCUT2D eigenvalue weighted by atomic mass is 9.67. The van der Waals surface area contributed by atoms with Crippen LogP contribution in [0.15, 0.2) is 86.2 Å². The first kappa shape index (κ1) is 57.1. The molecule has 4 aromatic rings. The second kappa shape index (κ2) is 21.1. The molecule has 0 radical (unpaired) electrons. The Kier molecular flexibility index (Phi) is 15.4. The summed E-state index contributed by atoms with van der Waals surface area (Å²) in [5, 5.41) is 43.9. The van der Waals surface area contributed by atoms with E-state index in [0.29, 0.717) is 35.1 Å². The Labute approximate surface area is 451 Å². The monoisotopic (exact) mass is 1070 g/mol.